The van der Waals surface area contributed by atoms with Crippen LogP contribution in [-0.4, -0.2) is 10.5 Å². The van der Waals surface area contributed by atoms with Crippen molar-refractivity contribution in [2.45, 2.75) is 72.4 Å². The summed E-state index contributed by atoms with van der Waals surface area (Å²) in [5.74, 6) is 1.04. The summed E-state index contributed by atoms with van der Waals surface area (Å²) in [5, 5.41) is 4.82. The van der Waals surface area contributed by atoms with E-state index in [1.807, 2.05) is 11.3 Å². The Morgan fingerprint density at radius 1 is 1.12 bits per heavy atom. The van der Waals surface area contributed by atoms with Crippen LogP contribution in [0.25, 0.3) is 0 Å². The minimum Gasteiger partial charge on any atom is -0.307 e. The lowest BCUT2D eigenvalue weighted by Crippen LogP contribution is -2.35. The molecule has 2 nitrogen and oxygen atoms in total. The molecule has 0 amide bonds. The van der Waals surface area contributed by atoms with Crippen molar-refractivity contribution in [3.8, 4) is 0 Å². The van der Waals surface area contributed by atoms with Crippen LogP contribution < -0.4 is 5.32 Å². The van der Waals surface area contributed by atoms with Crippen molar-refractivity contribution >= 4 is 11.3 Å². The number of rotatable bonds is 4. The van der Waals surface area contributed by atoms with E-state index in [1.54, 1.807) is 0 Å². The molecular weight excluding hydrogens is 228 g/mol. The van der Waals surface area contributed by atoms with Gasteiger partial charge in [0.2, 0.25) is 0 Å². The normalized spacial score (nSPS) is 12.8. The van der Waals surface area contributed by atoms with E-state index in [-0.39, 0.29) is 5.54 Å². The van der Waals surface area contributed by atoms with Crippen LogP contribution >= 0.6 is 11.3 Å². The van der Waals surface area contributed by atoms with Gasteiger partial charge in [0.05, 0.1) is 10.7 Å². The highest BCUT2D eigenvalue weighted by atomic mass is 32.1. The van der Waals surface area contributed by atoms with E-state index < -0.39 is 0 Å². The van der Waals surface area contributed by atoms with Gasteiger partial charge in [0, 0.05) is 22.9 Å². The van der Waals surface area contributed by atoms with Gasteiger partial charge in [-0.1, -0.05) is 27.7 Å². The summed E-state index contributed by atoms with van der Waals surface area (Å²) in [6, 6.07) is 0. The molecule has 0 unspecified atom stereocenters. The molecule has 0 fully saturated rings. The Kier molecular flexibility index (Phi) is 4.73. The van der Waals surface area contributed by atoms with Crippen LogP contribution in [0.4, 0.5) is 0 Å². The summed E-state index contributed by atoms with van der Waals surface area (Å²) >= 11 is 1.86. The van der Waals surface area contributed by atoms with E-state index in [9.17, 15) is 0 Å². The predicted octanol–water partition coefficient (Wildman–Crippen LogP) is 4.28. The molecule has 17 heavy (non-hydrogen) atoms. The van der Waals surface area contributed by atoms with Crippen molar-refractivity contribution in [3.05, 3.63) is 15.6 Å². The Morgan fingerprint density at radius 3 is 2.12 bits per heavy atom. The third kappa shape index (κ3) is 4.40. The summed E-state index contributed by atoms with van der Waals surface area (Å²) in [6.45, 7) is 16.4. The summed E-state index contributed by atoms with van der Waals surface area (Å²) in [6.07, 6.45) is 0. The average Bonchev–Trinajstić information content (AvgIpc) is 2.57. The van der Waals surface area contributed by atoms with E-state index in [2.05, 4.69) is 53.8 Å². The second-order valence-corrected chi connectivity index (χ2v) is 7.39. The molecule has 0 aliphatic rings. The fourth-order valence-electron chi connectivity index (χ4n) is 1.55. The second-order valence-electron chi connectivity index (χ2n) is 6.27. The Morgan fingerprint density at radius 2 is 1.71 bits per heavy atom. The molecule has 0 aliphatic heterocycles. The monoisotopic (exact) mass is 254 g/mol. The SMILES string of the molecule is CC(C)c1nc(C(C)C)c(CNC(C)(C)C)s1. The van der Waals surface area contributed by atoms with Crippen LogP contribution in [-0.2, 0) is 6.54 Å². The zero-order valence-electron chi connectivity index (χ0n) is 12.2. The highest BCUT2D eigenvalue weighted by Gasteiger charge is 2.17. The summed E-state index contributed by atoms with van der Waals surface area (Å²) in [7, 11) is 0. The first kappa shape index (κ1) is 14.7. The topological polar surface area (TPSA) is 24.9 Å². The van der Waals surface area contributed by atoms with Crippen LogP contribution in [0, 0.1) is 0 Å². The fraction of sp³-hybridized carbons (Fsp3) is 0.786. The van der Waals surface area contributed by atoms with Crippen LogP contribution in [0.1, 0.15) is 75.9 Å². The maximum Gasteiger partial charge on any atom is 0.0957 e. The van der Waals surface area contributed by atoms with Crippen LogP contribution in [0.3, 0.4) is 0 Å². The summed E-state index contributed by atoms with van der Waals surface area (Å²) in [5.41, 5.74) is 1.44. The Labute approximate surface area is 110 Å². The maximum atomic E-state index is 4.79. The van der Waals surface area contributed by atoms with E-state index in [4.69, 9.17) is 4.98 Å². The van der Waals surface area contributed by atoms with Crippen molar-refractivity contribution in [1.82, 2.24) is 10.3 Å². The summed E-state index contributed by atoms with van der Waals surface area (Å²) in [4.78, 5) is 6.19. The predicted molar refractivity (Wildman–Crippen MR) is 76.9 cm³/mol. The zero-order valence-corrected chi connectivity index (χ0v) is 13.0. The van der Waals surface area contributed by atoms with Gasteiger partial charge in [-0.2, -0.15) is 0 Å². The molecule has 0 radical (unpaired) electrons. The quantitative estimate of drug-likeness (QED) is 0.867. The van der Waals surface area contributed by atoms with Crippen molar-refractivity contribution in [3.63, 3.8) is 0 Å². The lowest BCUT2D eigenvalue weighted by molar-refractivity contribution is 0.425. The smallest absolute Gasteiger partial charge is 0.0957 e. The molecule has 1 rings (SSSR count). The largest absolute Gasteiger partial charge is 0.307 e. The van der Waals surface area contributed by atoms with Gasteiger partial charge in [-0.05, 0) is 26.7 Å². The van der Waals surface area contributed by atoms with Crippen molar-refractivity contribution in [1.29, 1.82) is 0 Å². The first-order chi connectivity index (χ1) is 7.70. The second kappa shape index (κ2) is 5.49. The molecule has 0 atom stereocenters. The van der Waals surface area contributed by atoms with Gasteiger partial charge in [0.1, 0.15) is 0 Å². The van der Waals surface area contributed by atoms with Gasteiger partial charge >= 0.3 is 0 Å². The molecule has 1 aromatic heterocycles. The van der Waals surface area contributed by atoms with E-state index >= 15 is 0 Å². The number of hydrogen-bond acceptors (Lipinski definition) is 3. The highest BCUT2D eigenvalue weighted by Crippen LogP contribution is 2.29. The number of aromatic nitrogens is 1. The number of nitrogens with one attached hydrogen (secondary N) is 1. The molecule has 3 heteroatoms. The van der Waals surface area contributed by atoms with E-state index in [1.165, 1.54) is 15.6 Å². The molecule has 0 saturated heterocycles. The third-order valence-electron chi connectivity index (χ3n) is 2.56. The molecule has 1 aromatic rings. The molecule has 98 valence electrons. The third-order valence-corrected chi connectivity index (χ3v) is 3.94. The molecule has 1 heterocycles. The lowest BCUT2D eigenvalue weighted by atomic mass is 10.1. The van der Waals surface area contributed by atoms with Crippen LogP contribution in [0.15, 0.2) is 0 Å². The van der Waals surface area contributed by atoms with E-state index in [0.717, 1.165) is 6.54 Å². The van der Waals surface area contributed by atoms with Gasteiger partial charge in [-0.3, -0.25) is 0 Å². The lowest BCUT2D eigenvalue weighted by Gasteiger charge is -2.20. The van der Waals surface area contributed by atoms with Gasteiger partial charge in [0.15, 0.2) is 0 Å². The molecule has 0 spiro atoms. The van der Waals surface area contributed by atoms with Gasteiger partial charge in [0.25, 0.3) is 0 Å². The Bertz CT molecular complexity index is 359. The van der Waals surface area contributed by atoms with Crippen molar-refractivity contribution in [2.75, 3.05) is 0 Å². The average molecular weight is 254 g/mol. The van der Waals surface area contributed by atoms with Gasteiger partial charge in [-0.25, -0.2) is 4.98 Å². The Hall–Kier alpha value is -0.410. The molecule has 0 bridgehead atoms. The minimum absolute atomic E-state index is 0.163. The highest BCUT2D eigenvalue weighted by molar-refractivity contribution is 7.11. The molecule has 1 N–H and O–H groups in total. The number of thiazole rings is 1. The number of hydrogen-bond donors (Lipinski definition) is 1. The fourth-order valence-corrected chi connectivity index (χ4v) is 2.71. The van der Waals surface area contributed by atoms with Crippen molar-refractivity contribution < 1.29 is 0 Å². The molecule has 0 saturated carbocycles. The first-order valence-corrected chi connectivity index (χ1v) is 7.27. The van der Waals surface area contributed by atoms with Crippen LogP contribution in [0.2, 0.25) is 0 Å². The van der Waals surface area contributed by atoms with Gasteiger partial charge < -0.3 is 5.32 Å². The van der Waals surface area contributed by atoms with Gasteiger partial charge in [-0.15, -0.1) is 11.3 Å². The van der Waals surface area contributed by atoms with E-state index in [0.29, 0.717) is 11.8 Å². The standard InChI is InChI=1S/C14H26N2S/c1-9(2)12-11(8-15-14(5,6)7)17-13(16-12)10(3)4/h9-10,15H,8H2,1-7H3. The number of nitrogens with zero attached hydrogens (tertiary/aromatic N) is 1. The van der Waals surface area contributed by atoms with Crippen LogP contribution in [0.5, 0.6) is 0 Å². The molecule has 0 aliphatic carbocycles. The minimum atomic E-state index is 0.163. The molecular formula is C14H26N2S. The first-order valence-electron chi connectivity index (χ1n) is 6.45. The summed E-state index contributed by atoms with van der Waals surface area (Å²) < 4.78 is 0. The molecule has 0 aromatic carbocycles. The maximum absolute atomic E-state index is 4.79. The zero-order chi connectivity index (χ0) is 13.2. The van der Waals surface area contributed by atoms with Crippen molar-refractivity contribution in [2.24, 2.45) is 0 Å². The Balaban J connectivity index is 2.89.